The summed E-state index contributed by atoms with van der Waals surface area (Å²) in [7, 11) is 1.21. The number of hydrogen-bond donors (Lipinski definition) is 0. The van der Waals surface area contributed by atoms with Crippen molar-refractivity contribution in [2.75, 3.05) is 13.7 Å². The first-order chi connectivity index (χ1) is 15.7. The van der Waals surface area contributed by atoms with Gasteiger partial charge in [-0.25, -0.2) is 14.1 Å². The quantitative estimate of drug-likeness (QED) is 0.541. The Balaban J connectivity index is 1.62. The molecule has 2 aromatic heterocycles. The van der Waals surface area contributed by atoms with E-state index in [0.29, 0.717) is 17.1 Å². The molecule has 0 spiro atoms. The van der Waals surface area contributed by atoms with Gasteiger partial charge in [-0.05, 0) is 24.3 Å². The van der Waals surface area contributed by atoms with Gasteiger partial charge < -0.3 is 14.4 Å². The fourth-order valence-corrected chi connectivity index (χ4v) is 3.42. The Morgan fingerprint density at radius 2 is 2.03 bits per heavy atom. The highest BCUT2D eigenvalue weighted by Gasteiger charge is 2.34. The minimum Gasteiger partial charge on any atom is -0.494 e. The van der Waals surface area contributed by atoms with E-state index in [4.69, 9.17) is 9.47 Å². The third-order valence-corrected chi connectivity index (χ3v) is 4.86. The SMILES string of the molecule is COc1c(C#N)ccc(OCC(F)(F)F)c1C(=O)N1Cc2cn(-c3ccc(F)cn3)nc2C1. The maximum absolute atomic E-state index is 13.3. The van der Waals surface area contributed by atoms with Crippen LogP contribution in [-0.4, -0.2) is 45.5 Å². The van der Waals surface area contributed by atoms with Crippen LogP contribution in [0.15, 0.2) is 36.7 Å². The molecule has 1 aromatic carbocycles. The first-order valence-corrected chi connectivity index (χ1v) is 9.49. The molecule has 0 saturated carbocycles. The summed E-state index contributed by atoms with van der Waals surface area (Å²) in [6, 6.07) is 6.89. The summed E-state index contributed by atoms with van der Waals surface area (Å²) in [6.45, 7) is -1.45. The predicted octanol–water partition coefficient (Wildman–Crippen LogP) is 3.38. The molecule has 8 nitrogen and oxygen atoms in total. The Morgan fingerprint density at radius 3 is 2.64 bits per heavy atom. The van der Waals surface area contributed by atoms with E-state index >= 15 is 0 Å². The van der Waals surface area contributed by atoms with Gasteiger partial charge in [0.25, 0.3) is 5.91 Å². The molecule has 1 aliphatic heterocycles. The lowest BCUT2D eigenvalue weighted by atomic mass is 10.1. The second kappa shape index (κ2) is 8.42. The van der Waals surface area contributed by atoms with Gasteiger partial charge in [0.2, 0.25) is 0 Å². The van der Waals surface area contributed by atoms with E-state index in [2.05, 4.69) is 10.1 Å². The van der Waals surface area contributed by atoms with Crippen molar-refractivity contribution in [2.45, 2.75) is 19.3 Å². The summed E-state index contributed by atoms with van der Waals surface area (Å²) >= 11 is 0. The summed E-state index contributed by atoms with van der Waals surface area (Å²) in [6.07, 6.45) is -1.94. The molecular weight excluding hydrogens is 446 g/mol. The van der Waals surface area contributed by atoms with Crippen molar-refractivity contribution >= 4 is 5.91 Å². The van der Waals surface area contributed by atoms with Crippen molar-refractivity contribution in [3.63, 3.8) is 0 Å². The first-order valence-electron chi connectivity index (χ1n) is 9.49. The van der Waals surface area contributed by atoms with Crippen molar-refractivity contribution in [2.24, 2.45) is 0 Å². The zero-order valence-electron chi connectivity index (χ0n) is 17.1. The number of ether oxygens (including phenoxy) is 2. The van der Waals surface area contributed by atoms with Crippen LogP contribution in [0.3, 0.4) is 0 Å². The van der Waals surface area contributed by atoms with E-state index in [1.165, 1.54) is 34.9 Å². The van der Waals surface area contributed by atoms with Crippen LogP contribution in [0.2, 0.25) is 0 Å². The minimum atomic E-state index is -4.62. The molecule has 170 valence electrons. The summed E-state index contributed by atoms with van der Waals surface area (Å²) < 4.78 is 62.7. The van der Waals surface area contributed by atoms with Gasteiger partial charge in [-0.15, -0.1) is 0 Å². The smallest absolute Gasteiger partial charge is 0.422 e. The number of carbonyl (C=O) groups is 1. The predicted molar refractivity (Wildman–Crippen MR) is 104 cm³/mol. The maximum atomic E-state index is 13.3. The number of rotatable bonds is 5. The van der Waals surface area contributed by atoms with Gasteiger partial charge in [0.1, 0.15) is 23.2 Å². The monoisotopic (exact) mass is 461 g/mol. The van der Waals surface area contributed by atoms with Crippen LogP contribution in [-0.2, 0) is 13.1 Å². The van der Waals surface area contributed by atoms with E-state index in [-0.39, 0.29) is 35.7 Å². The van der Waals surface area contributed by atoms with Crippen LogP contribution in [0, 0.1) is 17.1 Å². The third-order valence-electron chi connectivity index (χ3n) is 4.86. The largest absolute Gasteiger partial charge is 0.494 e. The van der Waals surface area contributed by atoms with Crippen LogP contribution in [0.25, 0.3) is 5.82 Å². The molecule has 3 aromatic rings. The van der Waals surface area contributed by atoms with E-state index in [1.54, 1.807) is 6.20 Å². The van der Waals surface area contributed by atoms with E-state index < -0.39 is 24.5 Å². The molecule has 0 bridgehead atoms. The van der Waals surface area contributed by atoms with Crippen LogP contribution < -0.4 is 9.47 Å². The fourth-order valence-electron chi connectivity index (χ4n) is 3.42. The van der Waals surface area contributed by atoms with Crippen molar-refractivity contribution < 1.29 is 31.8 Å². The molecular formula is C21H15F4N5O3. The summed E-state index contributed by atoms with van der Waals surface area (Å²) in [5.41, 5.74) is 0.925. The lowest BCUT2D eigenvalue weighted by Gasteiger charge is -2.21. The molecule has 33 heavy (non-hydrogen) atoms. The number of nitriles is 1. The van der Waals surface area contributed by atoms with Gasteiger partial charge in [0.05, 0.1) is 31.1 Å². The van der Waals surface area contributed by atoms with Crippen molar-refractivity contribution in [3.8, 4) is 23.4 Å². The van der Waals surface area contributed by atoms with Crippen LogP contribution in [0.4, 0.5) is 17.6 Å². The molecule has 0 radical (unpaired) electrons. The highest BCUT2D eigenvalue weighted by atomic mass is 19.4. The number of amides is 1. The standard InChI is InChI=1S/C21H15F4N5O3/c1-32-19-12(6-26)2-4-16(33-11-21(23,24)25)18(19)20(31)29-8-13-9-30(28-15(13)10-29)17-5-3-14(22)7-27-17/h2-5,7,9H,8,10-11H2,1H3. The summed E-state index contributed by atoms with van der Waals surface area (Å²) in [5.74, 6) is -1.31. The second-order valence-corrected chi connectivity index (χ2v) is 7.08. The molecule has 12 heteroatoms. The number of fused-ring (bicyclic) bond motifs is 1. The Kier molecular flexibility index (Phi) is 5.63. The topological polar surface area (TPSA) is 93.3 Å². The molecule has 0 saturated heterocycles. The molecule has 1 amide bonds. The Labute approximate surface area is 184 Å². The minimum absolute atomic E-state index is 0.0234. The van der Waals surface area contributed by atoms with Crippen molar-refractivity contribution in [3.05, 3.63) is 64.9 Å². The number of aromatic nitrogens is 3. The number of pyridine rings is 1. The number of alkyl halides is 3. The second-order valence-electron chi connectivity index (χ2n) is 7.08. The van der Waals surface area contributed by atoms with Crippen LogP contribution in [0.5, 0.6) is 11.5 Å². The van der Waals surface area contributed by atoms with Gasteiger partial charge in [-0.3, -0.25) is 4.79 Å². The third kappa shape index (κ3) is 4.43. The summed E-state index contributed by atoms with van der Waals surface area (Å²) in [5, 5.41) is 13.7. The fraction of sp³-hybridized carbons (Fsp3) is 0.238. The molecule has 1 aliphatic rings. The zero-order chi connectivity index (χ0) is 23.8. The van der Waals surface area contributed by atoms with Gasteiger partial charge in [0.15, 0.2) is 18.2 Å². The zero-order valence-corrected chi connectivity index (χ0v) is 17.1. The molecule has 0 unspecified atom stereocenters. The van der Waals surface area contributed by atoms with Crippen LogP contribution in [0.1, 0.15) is 27.2 Å². The average molecular weight is 461 g/mol. The molecule has 4 rings (SSSR count). The van der Waals surface area contributed by atoms with Crippen molar-refractivity contribution in [1.82, 2.24) is 19.7 Å². The van der Waals surface area contributed by atoms with Gasteiger partial charge in [-0.1, -0.05) is 0 Å². The Morgan fingerprint density at radius 1 is 1.24 bits per heavy atom. The Hall–Kier alpha value is -4.14. The maximum Gasteiger partial charge on any atom is 0.422 e. The normalized spacial score (nSPS) is 12.9. The number of halogens is 4. The van der Waals surface area contributed by atoms with E-state index in [9.17, 15) is 27.6 Å². The van der Waals surface area contributed by atoms with E-state index in [0.717, 1.165) is 12.3 Å². The lowest BCUT2D eigenvalue weighted by molar-refractivity contribution is -0.153. The highest BCUT2D eigenvalue weighted by Crippen LogP contribution is 2.36. The van der Waals surface area contributed by atoms with Gasteiger partial charge >= 0.3 is 6.18 Å². The first kappa shape index (κ1) is 22.1. The van der Waals surface area contributed by atoms with E-state index in [1.807, 2.05) is 6.07 Å². The number of nitrogens with zero attached hydrogens (tertiary/aromatic N) is 5. The molecule has 0 aliphatic carbocycles. The van der Waals surface area contributed by atoms with Gasteiger partial charge in [0, 0.05) is 18.3 Å². The lowest BCUT2D eigenvalue weighted by Crippen LogP contribution is -2.28. The average Bonchev–Trinajstić information content (AvgIpc) is 3.36. The molecule has 0 N–H and O–H groups in total. The number of carbonyl (C=O) groups excluding carboxylic acids is 1. The molecule has 0 atom stereocenters. The molecule has 3 heterocycles. The molecule has 0 fully saturated rings. The van der Waals surface area contributed by atoms with Gasteiger partial charge in [-0.2, -0.15) is 23.5 Å². The Bertz CT molecular complexity index is 1230. The van der Waals surface area contributed by atoms with Crippen LogP contribution >= 0.6 is 0 Å². The van der Waals surface area contributed by atoms with Crippen molar-refractivity contribution in [1.29, 1.82) is 5.26 Å². The number of benzene rings is 1. The number of hydrogen-bond acceptors (Lipinski definition) is 6. The summed E-state index contributed by atoms with van der Waals surface area (Å²) in [4.78, 5) is 18.6. The highest BCUT2D eigenvalue weighted by molar-refractivity contribution is 6.00. The number of methoxy groups -OCH3 is 1.